The first kappa shape index (κ1) is 11.4. The van der Waals surface area contributed by atoms with Crippen molar-refractivity contribution < 1.29 is 4.74 Å². The molecule has 0 bridgehead atoms. The van der Waals surface area contributed by atoms with Gasteiger partial charge in [-0.2, -0.15) is 0 Å². The maximum absolute atomic E-state index is 5.86. The lowest BCUT2D eigenvalue weighted by atomic mass is 10.1. The fourth-order valence-electron chi connectivity index (χ4n) is 3.12. The molecular formula is C15H19N3O. The van der Waals surface area contributed by atoms with E-state index >= 15 is 0 Å². The second-order valence-electron chi connectivity index (χ2n) is 5.66. The van der Waals surface area contributed by atoms with Crippen LogP contribution in [0.2, 0.25) is 0 Å². The summed E-state index contributed by atoms with van der Waals surface area (Å²) < 4.78 is 5.86. The number of nitrogens with zero attached hydrogens (tertiary/aromatic N) is 1. The van der Waals surface area contributed by atoms with E-state index in [0.717, 1.165) is 31.1 Å². The minimum absolute atomic E-state index is 0.448. The van der Waals surface area contributed by atoms with Crippen LogP contribution in [0.15, 0.2) is 24.5 Å². The van der Waals surface area contributed by atoms with Crippen molar-refractivity contribution in [2.24, 2.45) is 5.92 Å². The minimum Gasteiger partial charge on any atom is -0.376 e. The van der Waals surface area contributed by atoms with E-state index in [1.807, 2.05) is 12.3 Å². The molecule has 2 atom stereocenters. The fraction of sp³-hybridized carbons (Fsp3) is 0.533. The van der Waals surface area contributed by atoms with Crippen LogP contribution in [0.25, 0.3) is 11.0 Å². The van der Waals surface area contributed by atoms with Gasteiger partial charge in [-0.3, -0.25) is 0 Å². The van der Waals surface area contributed by atoms with Crippen molar-refractivity contribution in [3.8, 4) is 0 Å². The summed E-state index contributed by atoms with van der Waals surface area (Å²) in [5, 5.41) is 4.89. The molecule has 2 aromatic heterocycles. The molecule has 0 radical (unpaired) electrons. The smallest absolute Gasteiger partial charge is 0.137 e. The van der Waals surface area contributed by atoms with Crippen molar-refractivity contribution >= 4 is 11.0 Å². The molecular weight excluding hydrogens is 238 g/mol. The highest BCUT2D eigenvalue weighted by atomic mass is 16.5. The van der Waals surface area contributed by atoms with Crippen LogP contribution < -0.4 is 5.32 Å². The molecule has 4 rings (SSSR count). The molecule has 2 aliphatic rings. The van der Waals surface area contributed by atoms with Gasteiger partial charge in [0.1, 0.15) is 5.65 Å². The fourth-order valence-corrected chi connectivity index (χ4v) is 3.12. The Labute approximate surface area is 112 Å². The number of hydrogen-bond donors (Lipinski definition) is 2. The molecule has 0 aromatic carbocycles. The average molecular weight is 257 g/mol. The van der Waals surface area contributed by atoms with Gasteiger partial charge in [-0.05, 0) is 42.9 Å². The lowest BCUT2D eigenvalue weighted by Gasteiger charge is -2.19. The molecule has 2 fully saturated rings. The minimum atomic E-state index is 0.448. The van der Waals surface area contributed by atoms with Crippen molar-refractivity contribution in [3.05, 3.63) is 30.1 Å². The quantitative estimate of drug-likeness (QED) is 0.883. The lowest BCUT2D eigenvalue weighted by molar-refractivity contribution is 0.0809. The monoisotopic (exact) mass is 257 g/mol. The molecule has 1 aliphatic carbocycles. The summed E-state index contributed by atoms with van der Waals surface area (Å²) >= 11 is 0. The van der Waals surface area contributed by atoms with Crippen molar-refractivity contribution in [3.63, 3.8) is 0 Å². The van der Waals surface area contributed by atoms with Gasteiger partial charge in [0.15, 0.2) is 0 Å². The molecule has 0 amide bonds. The summed E-state index contributed by atoms with van der Waals surface area (Å²) in [6.45, 7) is 1.80. The van der Waals surface area contributed by atoms with Crippen LogP contribution in [0.4, 0.5) is 0 Å². The van der Waals surface area contributed by atoms with Gasteiger partial charge in [0.05, 0.1) is 6.10 Å². The number of rotatable bonds is 4. The summed E-state index contributed by atoms with van der Waals surface area (Å²) in [6, 6.07) is 4.64. The Morgan fingerprint density at radius 1 is 1.37 bits per heavy atom. The van der Waals surface area contributed by atoms with Crippen LogP contribution in [0.1, 0.15) is 24.8 Å². The number of aromatic nitrogens is 2. The number of hydrogen-bond acceptors (Lipinski definition) is 3. The predicted molar refractivity (Wildman–Crippen MR) is 73.8 cm³/mol. The lowest BCUT2D eigenvalue weighted by Crippen LogP contribution is -2.37. The van der Waals surface area contributed by atoms with E-state index in [1.54, 1.807) is 0 Å². The largest absolute Gasteiger partial charge is 0.376 e. The summed E-state index contributed by atoms with van der Waals surface area (Å²) in [4.78, 5) is 7.55. The number of ether oxygens (including phenoxy) is 1. The third-order valence-corrected chi connectivity index (χ3v) is 4.31. The van der Waals surface area contributed by atoms with Crippen LogP contribution >= 0.6 is 0 Å². The van der Waals surface area contributed by atoms with Crippen LogP contribution in [0.3, 0.4) is 0 Å². The molecule has 0 spiro atoms. The molecule has 100 valence electrons. The first-order valence-corrected chi connectivity index (χ1v) is 7.18. The zero-order chi connectivity index (χ0) is 12.7. The SMILES string of the molecule is c1cnc2[nH]cc(CNC3CCOC3C3CC3)c2c1. The maximum atomic E-state index is 5.86. The highest BCUT2D eigenvalue weighted by molar-refractivity contribution is 5.79. The van der Waals surface area contributed by atoms with Crippen LogP contribution in [-0.4, -0.2) is 28.7 Å². The van der Waals surface area contributed by atoms with E-state index in [-0.39, 0.29) is 0 Å². The van der Waals surface area contributed by atoms with E-state index in [1.165, 1.54) is 23.8 Å². The third kappa shape index (κ3) is 2.15. The van der Waals surface area contributed by atoms with Gasteiger partial charge in [-0.1, -0.05) is 0 Å². The molecule has 1 saturated heterocycles. The van der Waals surface area contributed by atoms with E-state index in [0.29, 0.717) is 12.1 Å². The first-order valence-electron chi connectivity index (χ1n) is 7.18. The number of fused-ring (bicyclic) bond motifs is 1. The predicted octanol–water partition coefficient (Wildman–Crippen LogP) is 2.22. The third-order valence-electron chi connectivity index (χ3n) is 4.31. The Morgan fingerprint density at radius 3 is 3.21 bits per heavy atom. The van der Waals surface area contributed by atoms with Crippen LogP contribution in [-0.2, 0) is 11.3 Å². The molecule has 1 aliphatic heterocycles. The zero-order valence-electron chi connectivity index (χ0n) is 10.9. The van der Waals surface area contributed by atoms with Gasteiger partial charge in [-0.25, -0.2) is 4.98 Å². The highest BCUT2D eigenvalue weighted by Gasteiger charge is 2.40. The van der Waals surface area contributed by atoms with Gasteiger partial charge in [0.2, 0.25) is 0 Å². The van der Waals surface area contributed by atoms with Gasteiger partial charge in [-0.15, -0.1) is 0 Å². The summed E-state index contributed by atoms with van der Waals surface area (Å²) in [7, 11) is 0. The van der Waals surface area contributed by atoms with E-state index in [2.05, 4.69) is 27.5 Å². The van der Waals surface area contributed by atoms with E-state index < -0.39 is 0 Å². The van der Waals surface area contributed by atoms with Gasteiger partial charge < -0.3 is 15.0 Å². The molecule has 2 unspecified atom stereocenters. The Balaban J connectivity index is 1.46. The Morgan fingerprint density at radius 2 is 2.32 bits per heavy atom. The standard InChI is InChI=1S/C15H19N3O/c1-2-12-11(9-18-15(12)16-6-1)8-17-13-5-7-19-14(13)10-3-4-10/h1-2,6,9-10,13-14,17H,3-5,7-8H2,(H,16,18). The Hall–Kier alpha value is -1.39. The summed E-state index contributed by atoms with van der Waals surface area (Å²) in [5.41, 5.74) is 2.27. The van der Waals surface area contributed by atoms with Gasteiger partial charge in [0, 0.05) is 37.0 Å². The molecule has 4 nitrogen and oxygen atoms in total. The van der Waals surface area contributed by atoms with Gasteiger partial charge >= 0.3 is 0 Å². The highest BCUT2D eigenvalue weighted by Crippen LogP contribution is 2.38. The van der Waals surface area contributed by atoms with Crippen molar-refractivity contribution in [2.45, 2.75) is 38.0 Å². The second kappa shape index (κ2) is 4.62. The molecule has 3 heterocycles. The number of pyridine rings is 1. The normalized spacial score (nSPS) is 27.2. The number of nitrogens with one attached hydrogen (secondary N) is 2. The molecule has 2 aromatic rings. The number of aromatic amines is 1. The maximum Gasteiger partial charge on any atom is 0.137 e. The molecule has 19 heavy (non-hydrogen) atoms. The number of H-pyrrole nitrogens is 1. The second-order valence-corrected chi connectivity index (χ2v) is 5.66. The Bertz CT molecular complexity index is 576. The van der Waals surface area contributed by atoms with Crippen LogP contribution in [0, 0.1) is 5.92 Å². The topological polar surface area (TPSA) is 49.9 Å². The molecule has 1 saturated carbocycles. The van der Waals surface area contributed by atoms with E-state index in [4.69, 9.17) is 4.74 Å². The Kier molecular flexibility index (Phi) is 2.78. The van der Waals surface area contributed by atoms with Crippen molar-refractivity contribution in [1.29, 1.82) is 0 Å². The van der Waals surface area contributed by atoms with Crippen molar-refractivity contribution in [1.82, 2.24) is 15.3 Å². The van der Waals surface area contributed by atoms with Crippen molar-refractivity contribution in [2.75, 3.05) is 6.61 Å². The van der Waals surface area contributed by atoms with E-state index in [9.17, 15) is 0 Å². The summed E-state index contributed by atoms with van der Waals surface area (Å²) in [5.74, 6) is 0.810. The zero-order valence-corrected chi connectivity index (χ0v) is 10.9. The van der Waals surface area contributed by atoms with Crippen LogP contribution in [0.5, 0.6) is 0 Å². The molecule has 2 N–H and O–H groups in total. The van der Waals surface area contributed by atoms with Gasteiger partial charge in [0.25, 0.3) is 0 Å². The average Bonchev–Trinajstić information content (AvgIpc) is 3.04. The molecule has 4 heteroatoms. The first-order chi connectivity index (χ1) is 9.42. The summed E-state index contributed by atoms with van der Waals surface area (Å²) in [6.07, 6.45) is 8.17.